The lowest BCUT2D eigenvalue weighted by Crippen LogP contribution is -2.35. The largest absolute Gasteiger partial charge is 0.308 e. The van der Waals surface area contributed by atoms with Crippen molar-refractivity contribution in [2.75, 3.05) is 26.2 Å². The molecular formula is C10H20N6. The van der Waals surface area contributed by atoms with Crippen molar-refractivity contribution < 1.29 is 0 Å². The fraction of sp³-hybridized carbons (Fsp3) is 0.900. The summed E-state index contributed by atoms with van der Waals surface area (Å²) in [6, 6.07) is 0. The molecule has 90 valence electrons. The normalized spacial score (nSPS) is 17.8. The summed E-state index contributed by atoms with van der Waals surface area (Å²) in [5, 5.41) is 15.2. The van der Waals surface area contributed by atoms with Crippen molar-refractivity contribution in [1.82, 2.24) is 30.4 Å². The Morgan fingerprint density at radius 1 is 1.25 bits per heavy atom. The van der Waals surface area contributed by atoms with Crippen LogP contribution in [0.5, 0.6) is 0 Å². The van der Waals surface area contributed by atoms with Gasteiger partial charge in [-0.25, -0.2) is 0 Å². The molecule has 1 fully saturated rings. The minimum atomic E-state index is 0.710. The van der Waals surface area contributed by atoms with Gasteiger partial charge in [0.1, 0.15) is 0 Å². The Kier molecular flexibility index (Phi) is 4.24. The zero-order valence-corrected chi connectivity index (χ0v) is 9.89. The summed E-state index contributed by atoms with van der Waals surface area (Å²) in [6.45, 7) is 5.34. The molecule has 1 aliphatic rings. The van der Waals surface area contributed by atoms with E-state index in [0.717, 1.165) is 18.9 Å². The third-order valence-corrected chi connectivity index (χ3v) is 2.89. The number of nitrogens with zero attached hydrogens (tertiary/aromatic N) is 5. The summed E-state index contributed by atoms with van der Waals surface area (Å²) < 4.78 is 0. The van der Waals surface area contributed by atoms with Crippen LogP contribution in [-0.2, 0) is 13.6 Å². The van der Waals surface area contributed by atoms with E-state index in [1.807, 2.05) is 0 Å². The number of rotatable bonds is 5. The Balaban J connectivity index is 1.57. The maximum atomic E-state index is 4.11. The van der Waals surface area contributed by atoms with Crippen LogP contribution in [0.1, 0.15) is 25.1 Å². The minimum Gasteiger partial charge on any atom is -0.308 e. The Morgan fingerprint density at radius 2 is 2.06 bits per heavy atom. The van der Waals surface area contributed by atoms with Crippen LogP contribution in [0, 0.1) is 0 Å². The molecule has 0 aliphatic carbocycles. The van der Waals surface area contributed by atoms with Crippen LogP contribution < -0.4 is 5.32 Å². The molecule has 1 N–H and O–H groups in total. The van der Waals surface area contributed by atoms with Crippen molar-refractivity contribution in [3.05, 3.63) is 5.82 Å². The van der Waals surface area contributed by atoms with E-state index in [1.54, 1.807) is 7.05 Å². The van der Waals surface area contributed by atoms with Crippen LogP contribution in [0.15, 0.2) is 0 Å². The number of likely N-dealkylation sites (tertiary alicyclic amines) is 1. The average Bonchev–Trinajstić information content (AvgIpc) is 2.72. The van der Waals surface area contributed by atoms with Gasteiger partial charge in [-0.1, -0.05) is 6.42 Å². The van der Waals surface area contributed by atoms with E-state index in [9.17, 15) is 0 Å². The second-order valence-electron chi connectivity index (χ2n) is 4.27. The number of aryl methyl sites for hydroxylation is 1. The molecule has 1 aromatic rings. The van der Waals surface area contributed by atoms with Gasteiger partial charge >= 0.3 is 0 Å². The summed E-state index contributed by atoms with van der Waals surface area (Å²) in [5.41, 5.74) is 0. The first-order chi connectivity index (χ1) is 7.84. The Morgan fingerprint density at radius 3 is 2.75 bits per heavy atom. The van der Waals surface area contributed by atoms with Crippen molar-refractivity contribution >= 4 is 0 Å². The minimum absolute atomic E-state index is 0.710. The molecular weight excluding hydrogens is 204 g/mol. The SMILES string of the molecule is Cn1nnc(CNCCN2CCCCC2)n1. The quantitative estimate of drug-likeness (QED) is 0.701. The predicted octanol–water partition coefficient (Wildman–Crippen LogP) is -0.214. The molecule has 0 amide bonds. The third-order valence-electron chi connectivity index (χ3n) is 2.89. The van der Waals surface area contributed by atoms with Crippen LogP contribution in [0.4, 0.5) is 0 Å². The first-order valence-corrected chi connectivity index (χ1v) is 6.00. The Labute approximate surface area is 96.0 Å². The van der Waals surface area contributed by atoms with E-state index >= 15 is 0 Å². The van der Waals surface area contributed by atoms with Gasteiger partial charge in [0.05, 0.1) is 13.6 Å². The summed E-state index contributed by atoms with van der Waals surface area (Å²) >= 11 is 0. The van der Waals surface area contributed by atoms with Crippen molar-refractivity contribution in [3.63, 3.8) is 0 Å². The summed E-state index contributed by atoms with van der Waals surface area (Å²) in [4.78, 5) is 4.00. The van der Waals surface area contributed by atoms with Crippen molar-refractivity contribution in [2.45, 2.75) is 25.8 Å². The van der Waals surface area contributed by atoms with Crippen LogP contribution >= 0.6 is 0 Å². The lowest BCUT2D eigenvalue weighted by Gasteiger charge is -2.26. The molecule has 6 heteroatoms. The molecule has 0 spiro atoms. The molecule has 0 radical (unpaired) electrons. The molecule has 0 saturated carbocycles. The number of aromatic nitrogens is 4. The zero-order chi connectivity index (χ0) is 11.2. The fourth-order valence-electron chi connectivity index (χ4n) is 2.01. The van der Waals surface area contributed by atoms with Gasteiger partial charge in [0, 0.05) is 13.1 Å². The Bertz CT molecular complexity index is 304. The van der Waals surface area contributed by atoms with Gasteiger partial charge in [-0.05, 0) is 31.1 Å². The highest BCUT2D eigenvalue weighted by atomic mass is 15.6. The first-order valence-electron chi connectivity index (χ1n) is 6.00. The molecule has 6 nitrogen and oxygen atoms in total. The number of nitrogens with one attached hydrogen (secondary N) is 1. The highest BCUT2D eigenvalue weighted by Crippen LogP contribution is 2.07. The summed E-state index contributed by atoms with van der Waals surface area (Å²) in [7, 11) is 1.78. The molecule has 0 atom stereocenters. The van der Waals surface area contributed by atoms with Gasteiger partial charge in [-0.3, -0.25) is 0 Å². The van der Waals surface area contributed by atoms with Crippen LogP contribution in [-0.4, -0.2) is 51.3 Å². The second-order valence-corrected chi connectivity index (χ2v) is 4.27. The van der Waals surface area contributed by atoms with Crippen LogP contribution in [0.3, 0.4) is 0 Å². The number of hydrogen-bond donors (Lipinski definition) is 1. The smallest absolute Gasteiger partial charge is 0.188 e. The van der Waals surface area contributed by atoms with E-state index in [4.69, 9.17) is 0 Å². The predicted molar refractivity (Wildman–Crippen MR) is 60.8 cm³/mol. The van der Waals surface area contributed by atoms with E-state index < -0.39 is 0 Å². The van der Waals surface area contributed by atoms with Crippen molar-refractivity contribution in [1.29, 1.82) is 0 Å². The number of hydrogen-bond acceptors (Lipinski definition) is 5. The molecule has 1 aliphatic heterocycles. The molecule has 0 bridgehead atoms. The lowest BCUT2D eigenvalue weighted by molar-refractivity contribution is 0.229. The zero-order valence-electron chi connectivity index (χ0n) is 9.89. The van der Waals surface area contributed by atoms with Crippen molar-refractivity contribution in [2.24, 2.45) is 7.05 Å². The fourth-order valence-corrected chi connectivity index (χ4v) is 2.01. The maximum Gasteiger partial charge on any atom is 0.188 e. The average molecular weight is 224 g/mol. The van der Waals surface area contributed by atoms with Gasteiger partial charge in [0.25, 0.3) is 0 Å². The molecule has 1 aromatic heterocycles. The standard InChI is InChI=1S/C10H20N6/c1-15-13-10(12-14-15)9-11-5-8-16-6-3-2-4-7-16/h11H,2-9H2,1H3. The van der Waals surface area contributed by atoms with Gasteiger partial charge < -0.3 is 10.2 Å². The number of piperidine rings is 1. The van der Waals surface area contributed by atoms with Gasteiger partial charge in [-0.2, -0.15) is 4.80 Å². The van der Waals surface area contributed by atoms with Crippen molar-refractivity contribution in [3.8, 4) is 0 Å². The van der Waals surface area contributed by atoms with Gasteiger partial charge in [0.2, 0.25) is 0 Å². The highest BCUT2D eigenvalue weighted by molar-refractivity contribution is 4.75. The first kappa shape index (κ1) is 11.5. The summed E-state index contributed by atoms with van der Waals surface area (Å²) in [6.07, 6.45) is 4.10. The second kappa shape index (κ2) is 5.91. The Hall–Kier alpha value is -1.01. The molecule has 16 heavy (non-hydrogen) atoms. The van der Waals surface area contributed by atoms with E-state index in [0.29, 0.717) is 6.54 Å². The molecule has 0 unspecified atom stereocenters. The number of tetrazole rings is 1. The molecule has 0 aromatic carbocycles. The monoisotopic (exact) mass is 224 g/mol. The topological polar surface area (TPSA) is 58.9 Å². The van der Waals surface area contributed by atoms with Gasteiger partial charge in [-0.15, -0.1) is 10.2 Å². The molecule has 2 rings (SSSR count). The van der Waals surface area contributed by atoms with E-state index in [2.05, 4.69) is 25.6 Å². The maximum absolute atomic E-state index is 4.11. The highest BCUT2D eigenvalue weighted by Gasteiger charge is 2.08. The molecule has 1 saturated heterocycles. The summed E-state index contributed by atoms with van der Waals surface area (Å²) in [5.74, 6) is 0.765. The van der Waals surface area contributed by atoms with E-state index in [1.165, 1.54) is 37.1 Å². The lowest BCUT2D eigenvalue weighted by atomic mass is 10.1. The molecule has 2 heterocycles. The third kappa shape index (κ3) is 3.53. The van der Waals surface area contributed by atoms with Crippen LogP contribution in [0.2, 0.25) is 0 Å². The van der Waals surface area contributed by atoms with Gasteiger partial charge in [0.15, 0.2) is 5.82 Å². The van der Waals surface area contributed by atoms with E-state index in [-0.39, 0.29) is 0 Å². The van der Waals surface area contributed by atoms with Crippen LogP contribution in [0.25, 0.3) is 0 Å².